The Labute approximate surface area is 111 Å². The molecule has 0 fully saturated rings. The highest BCUT2D eigenvalue weighted by Gasteiger charge is 2.16. The first-order chi connectivity index (χ1) is 9.02. The predicted octanol–water partition coefficient (Wildman–Crippen LogP) is 2.67. The molecular formula is C14H16N2O3. The largest absolute Gasteiger partial charge is 0.476 e. The number of aryl methyl sites for hydroxylation is 1. The van der Waals surface area contributed by atoms with E-state index in [0.29, 0.717) is 5.76 Å². The molecule has 0 atom stereocenters. The van der Waals surface area contributed by atoms with Crippen molar-refractivity contribution in [3.8, 4) is 11.3 Å². The number of hydrogen-bond acceptors (Lipinski definition) is 4. The van der Waals surface area contributed by atoms with Gasteiger partial charge in [-0.05, 0) is 24.1 Å². The van der Waals surface area contributed by atoms with Gasteiger partial charge in [-0.1, -0.05) is 18.1 Å². The molecule has 2 rings (SSSR count). The molecule has 0 unspecified atom stereocenters. The third-order valence-electron chi connectivity index (χ3n) is 2.95. The molecule has 100 valence electrons. The van der Waals surface area contributed by atoms with E-state index >= 15 is 0 Å². The third kappa shape index (κ3) is 2.59. The molecule has 0 aliphatic rings. The maximum Gasteiger partial charge on any atom is 0.358 e. The Morgan fingerprint density at radius 2 is 2.11 bits per heavy atom. The summed E-state index contributed by atoms with van der Waals surface area (Å²) in [5.74, 6) is -0.621. The smallest absolute Gasteiger partial charge is 0.358 e. The molecule has 0 bridgehead atoms. The van der Waals surface area contributed by atoms with Crippen molar-refractivity contribution >= 4 is 11.7 Å². The second kappa shape index (κ2) is 5.14. The molecule has 1 heterocycles. The van der Waals surface area contributed by atoms with Crippen LogP contribution in [0.4, 0.5) is 5.69 Å². The summed E-state index contributed by atoms with van der Waals surface area (Å²) in [5, 5.41) is 12.4. The minimum absolute atomic E-state index is 0.0818. The minimum atomic E-state index is -1.09. The zero-order valence-corrected chi connectivity index (χ0v) is 11.2. The molecule has 0 aliphatic heterocycles. The molecule has 1 aromatic carbocycles. The Hall–Kier alpha value is -2.30. The van der Waals surface area contributed by atoms with Crippen LogP contribution in [0.5, 0.6) is 0 Å². The fraction of sp³-hybridized carbons (Fsp3) is 0.286. The van der Waals surface area contributed by atoms with Crippen LogP contribution in [-0.2, 0) is 6.42 Å². The molecule has 0 amide bonds. The van der Waals surface area contributed by atoms with E-state index in [1.54, 1.807) is 0 Å². The van der Waals surface area contributed by atoms with E-state index in [1.807, 2.05) is 37.2 Å². The van der Waals surface area contributed by atoms with Gasteiger partial charge in [0.05, 0.1) is 0 Å². The van der Waals surface area contributed by atoms with Gasteiger partial charge in [0.25, 0.3) is 0 Å². The standard InChI is InChI=1S/C14H16N2O3/c1-4-9-5-6-12(16(2)3)10(7-9)13-8-11(14(17)18)15-19-13/h5-8H,4H2,1-3H3,(H,17,18). The zero-order valence-electron chi connectivity index (χ0n) is 11.2. The number of nitrogens with zero attached hydrogens (tertiary/aromatic N) is 2. The van der Waals surface area contributed by atoms with Crippen LogP contribution in [0.3, 0.4) is 0 Å². The summed E-state index contributed by atoms with van der Waals surface area (Å²) < 4.78 is 5.14. The van der Waals surface area contributed by atoms with Crippen LogP contribution in [0.25, 0.3) is 11.3 Å². The molecule has 0 aliphatic carbocycles. The van der Waals surface area contributed by atoms with Gasteiger partial charge in [-0.25, -0.2) is 4.79 Å². The van der Waals surface area contributed by atoms with E-state index in [0.717, 1.165) is 23.2 Å². The van der Waals surface area contributed by atoms with Gasteiger partial charge in [0.2, 0.25) is 0 Å². The van der Waals surface area contributed by atoms with Crippen molar-refractivity contribution in [3.05, 3.63) is 35.5 Å². The van der Waals surface area contributed by atoms with Gasteiger partial charge in [0.1, 0.15) is 0 Å². The first-order valence-corrected chi connectivity index (χ1v) is 6.03. The lowest BCUT2D eigenvalue weighted by molar-refractivity contribution is 0.0686. The molecule has 5 heteroatoms. The lowest BCUT2D eigenvalue weighted by Crippen LogP contribution is -2.10. The fourth-order valence-electron chi connectivity index (χ4n) is 1.89. The molecule has 0 spiro atoms. The molecule has 2 aromatic rings. The van der Waals surface area contributed by atoms with E-state index in [4.69, 9.17) is 9.63 Å². The minimum Gasteiger partial charge on any atom is -0.476 e. The van der Waals surface area contributed by atoms with Crippen LogP contribution in [-0.4, -0.2) is 30.3 Å². The van der Waals surface area contributed by atoms with Crippen LogP contribution in [0.15, 0.2) is 28.8 Å². The normalized spacial score (nSPS) is 10.5. The number of carbonyl (C=O) groups is 1. The summed E-state index contributed by atoms with van der Waals surface area (Å²) in [5.41, 5.74) is 2.89. The summed E-state index contributed by atoms with van der Waals surface area (Å²) in [6.07, 6.45) is 0.903. The van der Waals surface area contributed by atoms with Crippen LogP contribution in [0.2, 0.25) is 0 Å². The van der Waals surface area contributed by atoms with Crippen molar-refractivity contribution in [3.63, 3.8) is 0 Å². The molecular weight excluding hydrogens is 244 g/mol. The summed E-state index contributed by atoms with van der Waals surface area (Å²) in [4.78, 5) is 12.8. The van der Waals surface area contributed by atoms with E-state index < -0.39 is 5.97 Å². The first kappa shape index (κ1) is 13.1. The Kier molecular flexibility index (Phi) is 3.55. The van der Waals surface area contributed by atoms with Crippen LogP contribution in [0, 0.1) is 0 Å². The van der Waals surface area contributed by atoms with Crippen molar-refractivity contribution in [1.29, 1.82) is 0 Å². The van der Waals surface area contributed by atoms with Gasteiger partial charge in [0, 0.05) is 31.4 Å². The molecule has 0 saturated carbocycles. The highest BCUT2D eigenvalue weighted by atomic mass is 16.5. The maximum atomic E-state index is 10.9. The molecule has 0 radical (unpaired) electrons. The summed E-state index contributed by atoms with van der Waals surface area (Å²) in [7, 11) is 3.86. The second-order valence-electron chi connectivity index (χ2n) is 4.48. The number of aromatic carboxylic acids is 1. The van der Waals surface area contributed by atoms with E-state index in [9.17, 15) is 4.79 Å². The third-order valence-corrected chi connectivity index (χ3v) is 2.95. The number of carboxylic acids is 1. The Morgan fingerprint density at radius 3 is 2.63 bits per heavy atom. The quantitative estimate of drug-likeness (QED) is 0.915. The molecule has 19 heavy (non-hydrogen) atoms. The monoisotopic (exact) mass is 260 g/mol. The Bertz CT molecular complexity index is 602. The van der Waals surface area contributed by atoms with Crippen molar-refractivity contribution in [1.82, 2.24) is 5.16 Å². The number of anilines is 1. The number of hydrogen-bond donors (Lipinski definition) is 1. The van der Waals surface area contributed by atoms with Gasteiger partial charge in [-0.3, -0.25) is 0 Å². The van der Waals surface area contributed by atoms with Crippen molar-refractivity contribution < 1.29 is 14.4 Å². The van der Waals surface area contributed by atoms with Crippen molar-refractivity contribution in [2.24, 2.45) is 0 Å². The number of aromatic nitrogens is 1. The highest BCUT2D eigenvalue weighted by molar-refractivity contribution is 5.87. The van der Waals surface area contributed by atoms with Gasteiger partial charge in [0.15, 0.2) is 11.5 Å². The zero-order chi connectivity index (χ0) is 14.0. The van der Waals surface area contributed by atoms with Crippen LogP contribution in [0.1, 0.15) is 23.0 Å². The van der Waals surface area contributed by atoms with E-state index in [1.165, 1.54) is 6.07 Å². The van der Waals surface area contributed by atoms with Gasteiger partial charge >= 0.3 is 5.97 Å². The van der Waals surface area contributed by atoms with E-state index in [2.05, 4.69) is 12.1 Å². The van der Waals surface area contributed by atoms with Crippen molar-refractivity contribution in [2.45, 2.75) is 13.3 Å². The highest BCUT2D eigenvalue weighted by Crippen LogP contribution is 2.31. The van der Waals surface area contributed by atoms with Gasteiger partial charge in [-0.2, -0.15) is 0 Å². The predicted molar refractivity (Wildman–Crippen MR) is 72.6 cm³/mol. The molecule has 0 saturated heterocycles. The summed E-state index contributed by atoms with van der Waals surface area (Å²) in [6.45, 7) is 2.07. The summed E-state index contributed by atoms with van der Waals surface area (Å²) >= 11 is 0. The first-order valence-electron chi connectivity index (χ1n) is 6.03. The lowest BCUT2D eigenvalue weighted by atomic mass is 10.0. The Balaban J connectivity index is 2.54. The SMILES string of the molecule is CCc1ccc(N(C)C)c(-c2cc(C(=O)O)no2)c1. The topological polar surface area (TPSA) is 66.6 Å². The molecule has 1 N–H and O–H groups in total. The number of rotatable bonds is 4. The van der Waals surface area contributed by atoms with Crippen LogP contribution < -0.4 is 4.90 Å². The Morgan fingerprint density at radius 1 is 1.37 bits per heavy atom. The van der Waals surface area contributed by atoms with Gasteiger partial charge in [-0.15, -0.1) is 0 Å². The lowest BCUT2D eigenvalue weighted by Gasteiger charge is -2.16. The summed E-state index contributed by atoms with van der Waals surface area (Å²) in [6, 6.07) is 7.50. The fourth-order valence-corrected chi connectivity index (χ4v) is 1.89. The van der Waals surface area contributed by atoms with E-state index in [-0.39, 0.29) is 5.69 Å². The average Bonchev–Trinajstić information content (AvgIpc) is 2.87. The molecule has 5 nitrogen and oxygen atoms in total. The molecule has 1 aromatic heterocycles. The van der Waals surface area contributed by atoms with Crippen molar-refractivity contribution in [2.75, 3.05) is 19.0 Å². The maximum absolute atomic E-state index is 10.9. The van der Waals surface area contributed by atoms with Gasteiger partial charge < -0.3 is 14.5 Å². The number of carboxylic acid groups (broad SMARTS) is 1. The second-order valence-corrected chi connectivity index (χ2v) is 4.48. The number of benzene rings is 1. The average molecular weight is 260 g/mol. The van der Waals surface area contributed by atoms with Crippen LogP contribution >= 0.6 is 0 Å².